The Labute approximate surface area is 68.1 Å². The van der Waals surface area contributed by atoms with E-state index in [2.05, 4.69) is 10.1 Å². The van der Waals surface area contributed by atoms with Gasteiger partial charge in [-0.3, -0.25) is 9.59 Å². The summed E-state index contributed by atoms with van der Waals surface area (Å²) in [4.78, 5) is 25.7. The van der Waals surface area contributed by atoms with Crippen molar-refractivity contribution in [2.75, 3.05) is 0 Å². The van der Waals surface area contributed by atoms with Crippen molar-refractivity contribution < 1.29 is 9.59 Å². The van der Waals surface area contributed by atoms with Crippen LogP contribution in [0.5, 0.6) is 0 Å². The summed E-state index contributed by atoms with van der Waals surface area (Å²) in [6, 6.07) is 0. The zero-order valence-corrected chi connectivity index (χ0v) is 6.10. The minimum atomic E-state index is -0.306. The van der Waals surface area contributed by atoms with E-state index in [0.29, 0.717) is 5.70 Å². The Bertz CT molecular complexity index is 341. The quantitative estimate of drug-likeness (QED) is 0.460. The van der Waals surface area contributed by atoms with Gasteiger partial charge in [-0.2, -0.15) is 10.1 Å². The summed E-state index contributed by atoms with van der Waals surface area (Å²) in [5.74, 6) is -0.505. The molecule has 0 N–H and O–H groups in total. The van der Waals surface area contributed by atoms with E-state index in [0.717, 1.165) is 0 Å². The van der Waals surface area contributed by atoms with E-state index in [4.69, 9.17) is 0 Å². The Morgan fingerprint density at radius 3 is 3.08 bits per heavy atom. The number of carbonyl (C=O) groups is 2. The molecule has 0 aromatic rings. The second-order valence-corrected chi connectivity index (χ2v) is 2.43. The molecule has 0 fully saturated rings. The Balaban J connectivity index is 2.43. The lowest BCUT2D eigenvalue weighted by Gasteiger charge is -2.21. The summed E-state index contributed by atoms with van der Waals surface area (Å²) in [7, 11) is 0. The second-order valence-electron chi connectivity index (χ2n) is 2.43. The van der Waals surface area contributed by atoms with E-state index in [1.807, 2.05) is 0 Å². The van der Waals surface area contributed by atoms with Crippen LogP contribution in [0.1, 0.15) is 6.42 Å². The molecule has 5 heteroatoms. The average molecular weight is 163 g/mol. The SMILES string of the molecule is O=C1C=C2C=NC=NN2C(=O)C1. The molecule has 12 heavy (non-hydrogen) atoms. The van der Waals surface area contributed by atoms with Gasteiger partial charge in [0.15, 0.2) is 5.78 Å². The molecule has 2 rings (SSSR count). The Morgan fingerprint density at radius 1 is 1.42 bits per heavy atom. The van der Waals surface area contributed by atoms with E-state index < -0.39 is 0 Å². The fourth-order valence-corrected chi connectivity index (χ4v) is 1.06. The van der Waals surface area contributed by atoms with Crippen molar-refractivity contribution in [2.45, 2.75) is 6.42 Å². The molecule has 0 saturated carbocycles. The first-order chi connectivity index (χ1) is 5.77. The third-order valence-corrected chi connectivity index (χ3v) is 1.56. The number of aliphatic imine (C=N–C) groups is 1. The summed E-state index contributed by atoms with van der Waals surface area (Å²) < 4.78 is 0. The number of hydrogen-bond acceptors (Lipinski definition) is 4. The zero-order chi connectivity index (χ0) is 8.55. The minimum Gasteiger partial charge on any atom is -0.294 e. The molecule has 0 unspecified atom stereocenters. The number of rotatable bonds is 0. The number of hydrogen-bond donors (Lipinski definition) is 0. The van der Waals surface area contributed by atoms with Crippen LogP contribution in [0.4, 0.5) is 0 Å². The normalized spacial score (nSPS) is 21.0. The van der Waals surface area contributed by atoms with Gasteiger partial charge in [0.25, 0.3) is 5.91 Å². The maximum absolute atomic E-state index is 11.1. The zero-order valence-electron chi connectivity index (χ0n) is 6.10. The molecule has 0 saturated heterocycles. The molecular weight excluding hydrogens is 158 g/mol. The maximum Gasteiger partial charge on any atom is 0.255 e. The molecule has 0 radical (unpaired) electrons. The number of hydrazone groups is 1. The fraction of sp³-hybridized carbons (Fsp3) is 0.143. The monoisotopic (exact) mass is 163 g/mol. The lowest BCUT2D eigenvalue weighted by atomic mass is 10.1. The van der Waals surface area contributed by atoms with Crippen molar-refractivity contribution >= 4 is 24.2 Å². The summed E-state index contributed by atoms with van der Waals surface area (Å²) in [5, 5.41) is 4.88. The van der Waals surface area contributed by atoms with Crippen LogP contribution >= 0.6 is 0 Å². The molecule has 0 bridgehead atoms. The third kappa shape index (κ3) is 0.952. The Hall–Kier alpha value is -1.78. The van der Waals surface area contributed by atoms with Gasteiger partial charge >= 0.3 is 0 Å². The van der Waals surface area contributed by atoms with Gasteiger partial charge in [0.1, 0.15) is 6.34 Å². The van der Waals surface area contributed by atoms with E-state index in [9.17, 15) is 9.59 Å². The summed E-state index contributed by atoms with van der Waals surface area (Å²) in [6.45, 7) is 0. The van der Waals surface area contributed by atoms with Crippen LogP contribution < -0.4 is 0 Å². The molecule has 0 spiro atoms. The van der Waals surface area contributed by atoms with Gasteiger partial charge < -0.3 is 0 Å². The van der Waals surface area contributed by atoms with Gasteiger partial charge in [0.2, 0.25) is 0 Å². The highest BCUT2D eigenvalue weighted by atomic mass is 16.2. The number of amides is 1. The Kier molecular flexibility index (Phi) is 1.36. The highest BCUT2D eigenvalue weighted by Crippen LogP contribution is 2.14. The van der Waals surface area contributed by atoms with Crippen molar-refractivity contribution in [2.24, 2.45) is 10.1 Å². The average Bonchev–Trinajstić information content (AvgIpc) is 2.04. The van der Waals surface area contributed by atoms with Gasteiger partial charge in [0, 0.05) is 6.08 Å². The van der Waals surface area contributed by atoms with Crippen molar-refractivity contribution in [3.8, 4) is 0 Å². The smallest absolute Gasteiger partial charge is 0.255 e. The summed E-state index contributed by atoms with van der Waals surface area (Å²) in [6.07, 6.45) is 3.96. The number of allylic oxidation sites excluding steroid dienone is 2. The van der Waals surface area contributed by atoms with Crippen LogP contribution in [0, 0.1) is 0 Å². The molecule has 0 aromatic carbocycles. The van der Waals surface area contributed by atoms with Crippen LogP contribution in [0.3, 0.4) is 0 Å². The third-order valence-electron chi connectivity index (χ3n) is 1.56. The summed E-state index contributed by atoms with van der Waals surface area (Å²) in [5.41, 5.74) is 0.443. The molecule has 2 aliphatic rings. The molecule has 0 aliphatic carbocycles. The minimum absolute atomic E-state index is 0.103. The van der Waals surface area contributed by atoms with E-state index in [1.54, 1.807) is 0 Å². The van der Waals surface area contributed by atoms with E-state index >= 15 is 0 Å². The first kappa shape index (κ1) is 6.90. The largest absolute Gasteiger partial charge is 0.294 e. The first-order valence-corrected chi connectivity index (χ1v) is 3.40. The van der Waals surface area contributed by atoms with Gasteiger partial charge in [-0.15, -0.1) is 0 Å². The number of ketones is 1. The van der Waals surface area contributed by atoms with Gasteiger partial charge in [-0.25, -0.2) is 4.99 Å². The van der Waals surface area contributed by atoms with Crippen molar-refractivity contribution in [1.29, 1.82) is 0 Å². The number of fused-ring (bicyclic) bond motifs is 1. The predicted octanol–water partition coefficient (Wildman–Crippen LogP) is -0.301. The predicted molar refractivity (Wildman–Crippen MR) is 41.5 cm³/mol. The van der Waals surface area contributed by atoms with Crippen LogP contribution in [0.2, 0.25) is 0 Å². The van der Waals surface area contributed by atoms with Gasteiger partial charge in [-0.1, -0.05) is 0 Å². The molecule has 60 valence electrons. The van der Waals surface area contributed by atoms with Crippen molar-refractivity contribution in [1.82, 2.24) is 5.01 Å². The van der Waals surface area contributed by atoms with Crippen LogP contribution in [-0.4, -0.2) is 29.3 Å². The molecule has 0 atom stereocenters. The maximum atomic E-state index is 11.1. The summed E-state index contributed by atoms with van der Waals surface area (Å²) >= 11 is 0. The van der Waals surface area contributed by atoms with Gasteiger partial charge in [-0.05, 0) is 0 Å². The second kappa shape index (κ2) is 2.37. The molecule has 2 aliphatic heterocycles. The lowest BCUT2D eigenvalue weighted by Crippen LogP contribution is -2.33. The van der Waals surface area contributed by atoms with Crippen molar-refractivity contribution in [3.05, 3.63) is 11.8 Å². The molecule has 5 nitrogen and oxygen atoms in total. The number of nitrogens with zero attached hydrogens (tertiary/aromatic N) is 3. The highest BCUT2D eigenvalue weighted by molar-refractivity contribution is 6.12. The fourth-order valence-electron chi connectivity index (χ4n) is 1.06. The topological polar surface area (TPSA) is 62.1 Å². The van der Waals surface area contributed by atoms with E-state index in [-0.39, 0.29) is 18.1 Å². The standard InChI is InChI=1S/C7H5N3O2/c11-6-1-5-3-8-4-9-10(5)7(12)2-6/h1,3-4H,2H2. The lowest BCUT2D eigenvalue weighted by molar-refractivity contribution is -0.133. The van der Waals surface area contributed by atoms with Crippen LogP contribution in [0.15, 0.2) is 21.9 Å². The van der Waals surface area contributed by atoms with Crippen molar-refractivity contribution in [3.63, 3.8) is 0 Å². The molecule has 2 heterocycles. The molecule has 0 aromatic heterocycles. The number of carbonyl (C=O) groups excluding carboxylic acids is 2. The van der Waals surface area contributed by atoms with E-state index in [1.165, 1.54) is 23.6 Å². The van der Waals surface area contributed by atoms with Crippen LogP contribution in [0.25, 0.3) is 0 Å². The van der Waals surface area contributed by atoms with Gasteiger partial charge in [0.05, 0.1) is 18.3 Å². The Morgan fingerprint density at radius 2 is 2.25 bits per heavy atom. The highest BCUT2D eigenvalue weighted by Gasteiger charge is 2.25. The molecular formula is C7H5N3O2. The first-order valence-electron chi connectivity index (χ1n) is 3.40. The molecule has 1 amide bonds. The van der Waals surface area contributed by atoms with Crippen LogP contribution in [-0.2, 0) is 9.59 Å².